The largest absolute Gasteiger partial charge is 0.482 e. The molecule has 1 aromatic heterocycles. The van der Waals surface area contributed by atoms with Crippen molar-refractivity contribution in [1.82, 2.24) is 0 Å². The number of aliphatic carboxylic acids is 1. The predicted molar refractivity (Wildman–Crippen MR) is 76.4 cm³/mol. The predicted octanol–water partition coefficient (Wildman–Crippen LogP) is 2.95. The van der Waals surface area contributed by atoms with Crippen molar-refractivity contribution >= 4 is 17.8 Å². The van der Waals surface area contributed by atoms with Gasteiger partial charge in [-0.1, -0.05) is 18.2 Å². The van der Waals surface area contributed by atoms with Crippen LogP contribution in [0.1, 0.15) is 21.9 Å². The molecule has 1 heterocycles. The Bertz CT molecular complexity index is 664. The molecule has 5 heteroatoms. The van der Waals surface area contributed by atoms with Gasteiger partial charge in [-0.2, -0.15) is 0 Å². The molecule has 0 spiro atoms. The molecule has 0 aliphatic rings. The second kappa shape index (κ2) is 6.56. The first-order valence-corrected chi connectivity index (χ1v) is 6.28. The molecule has 108 valence electrons. The summed E-state index contributed by atoms with van der Waals surface area (Å²) >= 11 is 0. The van der Waals surface area contributed by atoms with E-state index in [0.29, 0.717) is 17.3 Å². The monoisotopic (exact) mass is 286 g/mol. The first kappa shape index (κ1) is 14.6. The Morgan fingerprint density at radius 3 is 2.48 bits per heavy atom. The Morgan fingerprint density at radius 2 is 1.90 bits per heavy atom. The maximum atomic E-state index is 11.8. The number of ether oxygens (including phenoxy) is 1. The highest BCUT2D eigenvalue weighted by molar-refractivity contribution is 6.04. The average molecular weight is 286 g/mol. The zero-order valence-corrected chi connectivity index (χ0v) is 11.4. The molecule has 1 aromatic carbocycles. The maximum absolute atomic E-state index is 11.8. The molecule has 0 aliphatic heterocycles. The van der Waals surface area contributed by atoms with Crippen LogP contribution >= 0.6 is 0 Å². The van der Waals surface area contributed by atoms with Gasteiger partial charge in [0.15, 0.2) is 12.4 Å². The summed E-state index contributed by atoms with van der Waals surface area (Å²) < 4.78 is 10.2. The van der Waals surface area contributed by atoms with Crippen LogP contribution < -0.4 is 4.74 Å². The first-order chi connectivity index (χ1) is 10.0. The maximum Gasteiger partial charge on any atom is 0.341 e. The summed E-state index contributed by atoms with van der Waals surface area (Å²) in [6.45, 7) is 1.39. The van der Waals surface area contributed by atoms with E-state index in [2.05, 4.69) is 0 Å². The van der Waals surface area contributed by atoms with Gasteiger partial charge < -0.3 is 14.3 Å². The minimum Gasteiger partial charge on any atom is -0.482 e. The van der Waals surface area contributed by atoms with Crippen molar-refractivity contribution in [2.24, 2.45) is 0 Å². The molecule has 0 saturated carbocycles. The smallest absolute Gasteiger partial charge is 0.341 e. The van der Waals surface area contributed by atoms with Gasteiger partial charge in [0.2, 0.25) is 5.78 Å². The SMILES string of the molecule is Cc1ccc(C(=O)/C=C/c2ccc(OCC(=O)O)cc2)o1. The third-order valence-corrected chi connectivity index (χ3v) is 2.65. The molecule has 0 atom stereocenters. The van der Waals surface area contributed by atoms with E-state index < -0.39 is 5.97 Å². The van der Waals surface area contributed by atoms with E-state index in [1.54, 1.807) is 49.4 Å². The zero-order chi connectivity index (χ0) is 15.2. The Labute approximate surface area is 121 Å². The molecule has 0 aliphatic carbocycles. The molecule has 21 heavy (non-hydrogen) atoms. The summed E-state index contributed by atoms with van der Waals surface area (Å²) in [5, 5.41) is 8.50. The molecule has 2 rings (SSSR count). The Kier molecular flexibility index (Phi) is 4.56. The molecule has 0 saturated heterocycles. The van der Waals surface area contributed by atoms with E-state index in [-0.39, 0.29) is 12.4 Å². The van der Waals surface area contributed by atoms with Gasteiger partial charge in [0, 0.05) is 0 Å². The van der Waals surface area contributed by atoms with Crippen LogP contribution in [0.15, 0.2) is 46.9 Å². The number of carboxylic acids is 1. The zero-order valence-electron chi connectivity index (χ0n) is 11.4. The number of furan rings is 1. The number of hydrogen-bond donors (Lipinski definition) is 1. The first-order valence-electron chi connectivity index (χ1n) is 6.28. The summed E-state index contributed by atoms with van der Waals surface area (Å²) in [5.41, 5.74) is 0.800. The molecule has 0 radical (unpaired) electrons. The third kappa shape index (κ3) is 4.35. The molecule has 1 N–H and O–H groups in total. The fraction of sp³-hybridized carbons (Fsp3) is 0.125. The van der Waals surface area contributed by atoms with E-state index >= 15 is 0 Å². The molecular formula is C16H14O5. The van der Waals surface area contributed by atoms with E-state index in [4.69, 9.17) is 14.3 Å². The second-order valence-corrected chi connectivity index (χ2v) is 4.36. The van der Waals surface area contributed by atoms with Crippen LogP contribution in [-0.2, 0) is 4.79 Å². The topological polar surface area (TPSA) is 76.7 Å². The van der Waals surface area contributed by atoms with Crippen LogP contribution in [0.4, 0.5) is 0 Å². The summed E-state index contributed by atoms with van der Waals surface area (Å²) in [4.78, 5) is 22.2. The van der Waals surface area contributed by atoms with Crippen molar-refractivity contribution in [2.75, 3.05) is 6.61 Å². The van der Waals surface area contributed by atoms with Crippen molar-refractivity contribution in [3.63, 3.8) is 0 Å². The molecule has 0 fully saturated rings. The van der Waals surface area contributed by atoms with Crippen molar-refractivity contribution in [2.45, 2.75) is 6.92 Å². The Morgan fingerprint density at radius 1 is 1.19 bits per heavy atom. The van der Waals surface area contributed by atoms with Gasteiger partial charge in [-0.05, 0) is 42.8 Å². The minimum atomic E-state index is -1.03. The van der Waals surface area contributed by atoms with Crippen molar-refractivity contribution < 1.29 is 23.8 Å². The number of carboxylic acid groups (broad SMARTS) is 1. The second-order valence-electron chi connectivity index (χ2n) is 4.36. The fourth-order valence-corrected chi connectivity index (χ4v) is 1.64. The molecule has 0 bridgehead atoms. The van der Waals surface area contributed by atoms with E-state index in [1.807, 2.05) is 0 Å². The fourth-order valence-electron chi connectivity index (χ4n) is 1.64. The Balaban J connectivity index is 1.98. The highest BCUT2D eigenvalue weighted by Crippen LogP contribution is 2.14. The van der Waals surface area contributed by atoms with Gasteiger partial charge in [-0.15, -0.1) is 0 Å². The Hall–Kier alpha value is -2.82. The summed E-state index contributed by atoms with van der Waals surface area (Å²) in [7, 11) is 0. The van der Waals surface area contributed by atoms with Gasteiger partial charge in [0.05, 0.1) is 0 Å². The number of allylic oxidation sites excluding steroid dienone is 1. The highest BCUT2D eigenvalue weighted by atomic mass is 16.5. The molecule has 0 amide bonds. The summed E-state index contributed by atoms with van der Waals surface area (Å²) in [5.74, 6) is 0.201. The quantitative estimate of drug-likeness (QED) is 0.652. The standard InChI is InChI=1S/C16H14O5/c1-11-2-9-15(21-11)14(17)8-5-12-3-6-13(7-4-12)20-10-16(18)19/h2-9H,10H2,1H3,(H,18,19)/b8-5+. The number of benzene rings is 1. The van der Waals surface area contributed by atoms with Gasteiger partial charge in [0.25, 0.3) is 0 Å². The normalized spacial score (nSPS) is 10.7. The van der Waals surface area contributed by atoms with E-state index in [9.17, 15) is 9.59 Å². The van der Waals surface area contributed by atoms with Gasteiger partial charge in [0.1, 0.15) is 11.5 Å². The van der Waals surface area contributed by atoms with E-state index in [0.717, 1.165) is 5.56 Å². The van der Waals surface area contributed by atoms with Crippen molar-refractivity contribution in [3.8, 4) is 5.75 Å². The van der Waals surface area contributed by atoms with E-state index in [1.165, 1.54) is 6.08 Å². The van der Waals surface area contributed by atoms with Gasteiger partial charge >= 0.3 is 5.97 Å². The molecule has 2 aromatic rings. The lowest BCUT2D eigenvalue weighted by Crippen LogP contribution is -2.09. The van der Waals surface area contributed by atoms with Crippen LogP contribution in [-0.4, -0.2) is 23.5 Å². The minimum absolute atomic E-state index is 0.214. The third-order valence-electron chi connectivity index (χ3n) is 2.65. The lowest BCUT2D eigenvalue weighted by Gasteiger charge is -2.02. The highest BCUT2D eigenvalue weighted by Gasteiger charge is 2.05. The number of ketones is 1. The lowest BCUT2D eigenvalue weighted by molar-refractivity contribution is -0.139. The number of rotatable bonds is 6. The molecular weight excluding hydrogens is 272 g/mol. The number of aryl methyl sites for hydroxylation is 1. The number of carbonyl (C=O) groups excluding carboxylic acids is 1. The number of carbonyl (C=O) groups is 2. The van der Waals surface area contributed by atoms with Crippen molar-refractivity contribution in [1.29, 1.82) is 0 Å². The molecule has 0 unspecified atom stereocenters. The van der Waals surface area contributed by atoms with Crippen LogP contribution in [0.2, 0.25) is 0 Å². The van der Waals surface area contributed by atoms with Gasteiger partial charge in [-0.3, -0.25) is 4.79 Å². The summed E-state index contributed by atoms with van der Waals surface area (Å²) in [6.07, 6.45) is 3.08. The van der Waals surface area contributed by atoms with Crippen molar-refractivity contribution in [3.05, 3.63) is 59.6 Å². The van der Waals surface area contributed by atoms with Crippen LogP contribution in [0.3, 0.4) is 0 Å². The van der Waals surface area contributed by atoms with Crippen LogP contribution in [0.25, 0.3) is 6.08 Å². The average Bonchev–Trinajstić information content (AvgIpc) is 2.90. The van der Waals surface area contributed by atoms with Gasteiger partial charge in [-0.25, -0.2) is 4.79 Å². The summed E-state index contributed by atoms with van der Waals surface area (Å²) in [6, 6.07) is 10.1. The lowest BCUT2D eigenvalue weighted by atomic mass is 10.2. The number of hydrogen-bond acceptors (Lipinski definition) is 4. The molecule has 5 nitrogen and oxygen atoms in total. The van der Waals surface area contributed by atoms with Crippen LogP contribution in [0.5, 0.6) is 5.75 Å². The van der Waals surface area contributed by atoms with Crippen LogP contribution in [0, 0.1) is 6.92 Å².